The lowest BCUT2D eigenvalue weighted by Gasteiger charge is -2.05. The van der Waals surface area contributed by atoms with Crippen LogP contribution in [0.15, 0.2) is 73.3 Å². The molecule has 3 aromatic rings. The minimum atomic E-state index is -0.768. The van der Waals surface area contributed by atoms with Crippen LogP contribution in [0.2, 0.25) is 0 Å². The summed E-state index contributed by atoms with van der Waals surface area (Å²) in [5.41, 5.74) is 1.56. The largest absolute Gasteiger partial charge is 0.450 e. The van der Waals surface area contributed by atoms with Crippen LogP contribution in [0.4, 0.5) is 0 Å². The van der Waals surface area contributed by atoms with Crippen LogP contribution in [-0.4, -0.2) is 39.8 Å². The van der Waals surface area contributed by atoms with Gasteiger partial charge in [-0.3, -0.25) is 4.79 Å². The van der Waals surface area contributed by atoms with Crippen LogP contribution in [0, 0.1) is 0 Å². The Morgan fingerprint density at radius 3 is 2.41 bits per heavy atom. The molecule has 0 atom stereocenters. The third-order valence-electron chi connectivity index (χ3n) is 3.60. The molecule has 2 aromatic carbocycles. The molecule has 27 heavy (non-hydrogen) atoms. The van der Waals surface area contributed by atoms with Crippen molar-refractivity contribution in [2.75, 3.05) is 13.2 Å². The summed E-state index contributed by atoms with van der Waals surface area (Å²) in [5.74, 6) is -0.802. The van der Waals surface area contributed by atoms with Crippen LogP contribution < -0.4 is 5.32 Å². The Morgan fingerprint density at radius 2 is 1.74 bits per heavy atom. The monoisotopic (exact) mass is 362 g/mol. The number of nitrogens with one attached hydrogen (secondary N) is 1. The molecule has 3 rings (SSSR count). The molecule has 1 N–H and O–H groups in total. The molecule has 0 saturated carbocycles. The molecule has 0 bridgehead atoms. The maximum Gasteiger partial charge on any atom is 0.378 e. The summed E-state index contributed by atoms with van der Waals surface area (Å²) in [5, 5.41) is 6.81. The lowest BCUT2D eigenvalue weighted by atomic mass is 10.2. The van der Waals surface area contributed by atoms with Crippen LogP contribution in [-0.2, 0) is 9.53 Å². The second-order valence-corrected chi connectivity index (χ2v) is 5.54. The molecule has 1 aromatic heterocycles. The number of carbonyl (C=O) groups is 2. The molecular weight excluding hydrogens is 344 g/mol. The van der Waals surface area contributed by atoms with Crippen molar-refractivity contribution in [2.24, 2.45) is 0 Å². The Labute approximate surface area is 156 Å². The van der Waals surface area contributed by atoms with Gasteiger partial charge in [0.25, 0.3) is 11.7 Å². The molecule has 7 heteroatoms. The molecule has 0 fully saturated rings. The lowest BCUT2D eigenvalue weighted by Crippen LogP contribution is -2.29. The van der Waals surface area contributed by atoms with Gasteiger partial charge in [0.05, 0.1) is 5.69 Å². The standard InChI is InChI=1S/C20H18N4O3/c1-2-13-21-17(25)14-27-20(26)18-22-19(15-9-5-3-6-10-15)24(23-18)16-11-7-4-8-12-16/h2-12H,1,13-14H2,(H,21,25). The minimum Gasteiger partial charge on any atom is -0.450 e. The van der Waals surface area contributed by atoms with Crippen molar-refractivity contribution in [1.29, 1.82) is 0 Å². The molecular formula is C20H18N4O3. The fraction of sp³-hybridized carbons (Fsp3) is 0.100. The summed E-state index contributed by atoms with van der Waals surface area (Å²) in [6.07, 6.45) is 1.54. The highest BCUT2D eigenvalue weighted by molar-refractivity contribution is 5.88. The first-order valence-electron chi connectivity index (χ1n) is 8.31. The number of carbonyl (C=O) groups excluding carboxylic acids is 2. The quantitative estimate of drug-likeness (QED) is 0.515. The van der Waals surface area contributed by atoms with E-state index in [1.165, 1.54) is 6.08 Å². The molecule has 7 nitrogen and oxygen atoms in total. The Balaban J connectivity index is 1.87. The fourth-order valence-corrected chi connectivity index (χ4v) is 2.35. The zero-order valence-electron chi connectivity index (χ0n) is 14.5. The van der Waals surface area contributed by atoms with Crippen molar-refractivity contribution in [1.82, 2.24) is 20.1 Å². The summed E-state index contributed by atoms with van der Waals surface area (Å²) < 4.78 is 6.58. The van der Waals surface area contributed by atoms with Crippen molar-refractivity contribution in [3.63, 3.8) is 0 Å². The molecule has 1 amide bonds. The lowest BCUT2D eigenvalue weighted by molar-refractivity contribution is -0.124. The molecule has 136 valence electrons. The van der Waals surface area contributed by atoms with Crippen LogP contribution in [0.3, 0.4) is 0 Å². The zero-order chi connectivity index (χ0) is 19.1. The van der Waals surface area contributed by atoms with Gasteiger partial charge in [-0.25, -0.2) is 14.5 Å². The normalized spacial score (nSPS) is 10.2. The summed E-state index contributed by atoms with van der Waals surface area (Å²) in [6.45, 7) is 3.39. The number of hydrogen-bond donors (Lipinski definition) is 1. The summed E-state index contributed by atoms with van der Waals surface area (Å²) in [7, 11) is 0. The van der Waals surface area contributed by atoms with Gasteiger partial charge in [0.1, 0.15) is 0 Å². The second-order valence-electron chi connectivity index (χ2n) is 5.54. The van der Waals surface area contributed by atoms with Gasteiger partial charge >= 0.3 is 5.97 Å². The number of hydrogen-bond acceptors (Lipinski definition) is 5. The van der Waals surface area contributed by atoms with E-state index in [1.54, 1.807) is 4.68 Å². The molecule has 0 saturated heterocycles. The number of esters is 1. The maximum atomic E-state index is 12.3. The Kier molecular flexibility index (Phi) is 5.73. The zero-order valence-corrected chi connectivity index (χ0v) is 14.5. The van der Waals surface area contributed by atoms with Gasteiger partial charge in [-0.2, -0.15) is 0 Å². The third kappa shape index (κ3) is 4.46. The molecule has 0 aliphatic rings. The van der Waals surface area contributed by atoms with Crippen LogP contribution in [0.25, 0.3) is 17.1 Å². The SMILES string of the molecule is C=CCNC(=O)COC(=O)c1nc(-c2ccccc2)n(-c2ccccc2)n1. The van der Waals surface area contributed by atoms with E-state index in [0.717, 1.165) is 11.3 Å². The minimum absolute atomic E-state index is 0.116. The predicted octanol–water partition coefficient (Wildman–Crippen LogP) is 2.39. The highest BCUT2D eigenvalue weighted by Crippen LogP contribution is 2.21. The summed E-state index contributed by atoms with van der Waals surface area (Å²) >= 11 is 0. The third-order valence-corrected chi connectivity index (χ3v) is 3.60. The highest BCUT2D eigenvalue weighted by atomic mass is 16.5. The number of benzene rings is 2. The van der Waals surface area contributed by atoms with E-state index >= 15 is 0 Å². The number of amides is 1. The molecule has 0 aliphatic heterocycles. The van der Waals surface area contributed by atoms with E-state index in [2.05, 4.69) is 22.0 Å². The molecule has 0 spiro atoms. The van der Waals surface area contributed by atoms with Crippen molar-refractivity contribution < 1.29 is 14.3 Å². The van der Waals surface area contributed by atoms with Gasteiger partial charge in [0, 0.05) is 12.1 Å². The van der Waals surface area contributed by atoms with Crippen molar-refractivity contribution >= 4 is 11.9 Å². The van der Waals surface area contributed by atoms with Crippen LogP contribution >= 0.6 is 0 Å². The topological polar surface area (TPSA) is 86.1 Å². The van der Waals surface area contributed by atoms with E-state index in [-0.39, 0.29) is 5.82 Å². The summed E-state index contributed by atoms with van der Waals surface area (Å²) in [6, 6.07) is 18.7. The van der Waals surface area contributed by atoms with Crippen molar-refractivity contribution in [2.45, 2.75) is 0 Å². The Hall–Kier alpha value is -3.74. The molecule has 0 unspecified atom stereocenters. The number of rotatable bonds is 7. The second kappa shape index (κ2) is 8.57. The molecule has 0 radical (unpaired) electrons. The van der Waals surface area contributed by atoms with Gasteiger partial charge < -0.3 is 10.1 Å². The van der Waals surface area contributed by atoms with Gasteiger partial charge in [-0.1, -0.05) is 54.6 Å². The van der Waals surface area contributed by atoms with Gasteiger partial charge in [-0.15, -0.1) is 11.7 Å². The smallest absolute Gasteiger partial charge is 0.378 e. The van der Waals surface area contributed by atoms with E-state index in [0.29, 0.717) is 12.4 Å². The summed E-state index contributed by atoms with van der Waals surface area (Å²) in [4.78, 5) is 28.2. The molecule has 0 aliphatic carbocycles. The number of aromatic nitrogens is 3. The number of para-hydroxylation sites is 1. The average molecular weight is 362 g/mol. The van der Waals surface area contributed by atoms with E-state index in [4.69, 9.17) is 4.74 Å². The first-order chi connectivity index (χ1) is 13.2. The first-order valence-corrected chi connectivity index (χ1v) is 8.31. The van der Waals surface area contributed by atoms with Crippen LogP contribution in [0.5, 0.6) is 0 Å². The molecule has 1 heterocycles. The van der Waals surface area contributed by atoms with Gasteiger partial charge in [0.2, 0.25) is 0 Å². The van der Waals surface area contributed by atoms with Gasteiger partial charge in [-0.05, 0) is 12.1 Å². The van der Waals surface area contributed by atoms with Crippen molar-refractivity contribution in [3.8, 4) is 17.1 Å². The Bertz CT molecular complexity index is 879. The number of nitrogens with zero attached hydrogens (tertiary/aromatic N) is 3. The van der Waals surface area contributed by atoms with Gasteiger partial charge in [0.15, 0.2) is 12.4 Å². The first kappa shape index (κ1) is 18.1. The predicted molar refractivity (Wildman–Crippen MR) is 100 cm³/mol. The number of ether oxygens (including phenoxy) is 1. The van der Waals surface area contributed by atoms with E-state index < -0.39 is 18.5 Å². The fourth-order valence-electron chi connectivity index (χ4n) is 2.35. The maximum absolute atomic E-state index is 12.3. The van der Waals surface area contributed by atoms with E-state index in [9.17, 15) is 9.59 Å². The van der Waals surface area contributed by atoms with E-state index in [1.807, 2.05) is 60.7 Å². The average Bonchev–Trinajstić information content (AvgIpc) is 3.17. The Morgan fingerprint density at radius 1 is 1.07 bits per heavy atom. The van der Waals surface area contributed by atoms with Crippen LogP contribution in [0.1, 0.15) is 10.6 Å². The highest BCUT2D eigenvalue weighted by Gasteiger charge is 2.20. The van der Waals surface area contributed by atoms with Crippen molar-refractivity contribution in [3.05, 3.63) is 79.1 Å².